The van der Waals surface area contributed by atoms with Crippen LogP contribution in [0.25, 0.3) is 0 Å². The second-order valence-electron chi connectivity index (χ2n) is 4.66. The first-order valence-corrected chi connectivity index (χ1v) is 6.82. The van der Waals surface area contributed by atoms with E-state index < -0.39 is 0 Å². The molecule has 108 valence electrons. The van der Waals surface area contributed by atoms with Crippen molar-refractivity contribution in [3.63, 3.8) is 0 Å². The Labute approximate surface area is 121 Å². The van der Waals surface area contributed by atoms with Gasteiger partial charge in [-0.05, 0) is 20.3 Å². The second kappa shape index (κ2) is 6.51. The molecular formula is C12H17ClN6O. The summed E-state index contributed by atoms with van der Waals surface area (Å²) in [4.78, 5) is 12.0. The van der Waals surface area contributed by atoms with Crippen LogP contribution in [0.2, 0.25) is 5.02 Å². The molecule has 0 amide bonds. The topological polar surface area (TPSA) is 77.6 Å². The van der Waals surface area contributed by atoms with E-state index in [0.717, 1.165) is 13.0 Å². The molecule has 0 saturated carbocycles. The molecule has 2 rings (SSSR count). The smallest absolute Gasteiger partial charge is 0.287 e. The summed E-state index contributed by atoms with van der Waals surface area (Å²) in [6.45, 7) is 5.19. The summed E-state index contributed by atoms with van der Waals surface area (Å²) in [5.41, 5.74) is 0.287. The molecule has 0 unspecified atom stereocenters. The molecule has 2 aromatic rings. The highest BCUT2D eigenvalue weighted by Gasteiger charge is 2.10. The third-order valence-electron chi connectivity index (χ3n) is 2.78. The maximum absolute atomic E-state index is 12.0. The van der Waals surface area contributed by atoms with Crippen molar-refractivity contribution < 1.29 is 0 Å². The molecule has 0 aliphatic rings. The first kappa shape index (κ1) is 14.5. The van der Waals surface area contributed by atoms with E-state index in [1.165, 1.54) is 4.68 Å². The van der Waals surface area contributed by atoms with Crippen LogP contribution in [0.4, 0.5) is 5.69 Å². The predicted octanol–water partition coefficient (Wildman–Crippen LogP) is 1.57. The molecule has 1 N–H and O–H groups in total. The number of nitrogens with zero attached hydrogens (tertiary/aromatic N) is 5. The molecule has 8 heteroatoms. The summed E-state index contributed by atoms with van der Waals surface area (Å²) >= 11 is 6.06. The molecule has 0 radical (unpaired) electrons. The van der Waals surface area contributed by atoms with Gasteiger partial charge in [0.25, 0.3) is 5.56 Å². The van der Waals surface area contributed by atoms with Gasteiger partial charge in [-0.1, -0.05) is 16.8 Å². The highest BCUT2D eigenvalue weighted by molar-refractivity contribution is 6.32. The largest absolute Gasteiger partial charge is 0.382 e. The molecule has 2 heterocycles. The fourth-order valence-corrected chi connectivity index (χ4v) is 1.95. The summed E-state index contributed by atoms with van der Waals surface area (Å²) < 4.78 is 3.11. The van der Waals surface area contributed by atoms with Crippen LogP contribution in [0.15, 0.2) is 23.4 Å². The number of rotatable bonds is 6. The fraction of sp³-hybridized carbons (Fsp3) is 0.500. The zero-order valence-corrected chi connectivity index (χ0v) is 12.2. The Morgan fingerprint density at radius 1 is 1.45 bits per heavy atom. The van der Waals surface area contributed by atoms with E-state index in [2.05, 4.69) is 20.7 Å². The van der Waals surface area contributed by atoms with Crippen molar-refractivity contribution in [1.29, 1.82) is 0 Å². The molecule has 7 nitrogen and oxygen atoms in total. The van der Waals surface area contributed by atoms with Gasteiger partial charge < -0.3 is 5.32 Å². The molecule has 0 spiro atoms. The molecular weight excluding hydrogens is 280 g/mol. The summed E-state index contributed by atoms with van der Waals surface area (Å²) in [5.74, 6) is 0. The maximum Gasteiger partial charge on any atom is 0.287 e. The summed E-state index contributed by atoms with van der Waals surface area (Å²) in [6, 6.07) is -0.0126. The molecule has 0 aliphatic heterocycles. The Bertz CT molecular complexity index is 607. The van der Waals surface area contributed by atoms with E-state index >= 15 is 0 Å². The van der Waals surface area contributed by atoms with Gasteiger partial charge in [-0.2, -0.15) is 5.10 Å². The van der Waals surface area contributed by atoms with Crippen molar-refractivity contribution in [1.82, 2.24) is 24.8 Å². The number of aryl methyl sites for hydroxylation is 1. The van der Waals surface area contributed by atoms with E-state index in [4.69, 9.17) is 11.6 Å². The number of nitrogens with one attached hydrogen (secondary N) is 1. The Hall–Kier alpha value is -1.89. The van der Waals surface area contributed by atoms with Gasteiger partial charge >= 0.3 is 0 Å². The number of hydrogen-bond donors (Lipinski definition) is 1. The monoisotopic (exact) mass is 296 g/mol. The van der Waals surface area contributed by atoms with Crippen molar-refractivity contribution in [2.45, 2.75) is 32.9 Å². The summed E-state index contributed by atoms with van der Waals surface area (Å²) in [7, 11) is 0. The lowest BCUT2D eigenvalue weighted by Crippen LogP contribution is -2.26. The van der Waals surface area contributed by atoms with E-state index in [0.29, 0.717) is 12.2 Å². The van der Waals surface area contributed by atoms with Gasteiger partial charge in [0.15, 0.2) is 0 Å². The van der Waals surface area contributed by atoms with Gasteiger partial charge in [0.2, 0.25) is 0 Å². The predicted molar refractivity (Wildman–Crippen MR) is 77.0 cm³/mol. The van der Waals surface area contributed by atoms with E-state index in [-0.39, 0.29) is 16.6 Å². The molecule has 0 atom stereocenters. The molecule has 0 bridgehead atoms. The highest BCUT2D eigenvalue weighted by atomic mass is 35.5. The lowest BCUT2D eigenvalue weighted by atomic mass is 10.3. The summed E-state index contributed by atoms with van der Waals surface area (Å²) in [6.07, 6.45) is 5.87. The van der Waals surface area contributed by atoms with Crippen LogP contribution in [-0.2, 0) is 6.54 Å². The molecule has 2 aromatic heterocycles. The van der Waals surface area contributed by atoms with Crippen molar-refractivity contribution >= 4 is 17.3 Å². The van der Waals surface area contributed by atoms with Crippen LogP contribution in [0.1, 0.15) is 26.3 Å². The Balaban J connectivity index is 1.93. The Morgan fingerprint density at radius 3 is 2.90 bits per heavy atom. The van der Waals surface area contributed by atoms with Crippen molar-refractivity contribution in [3.05, 3.63) is 34.0 Å². The van der Waals surface area contributed by atoms with E-state index in [9.17, 15) is 4.79 Å². The third kappa shape index (κ3) is 3.36. The minimum atomic E-state index is -0.275. The molecule has 0 saturated heterocycles. The lowest BCUT2D eigenvalue weighted by Gasteiger charge is -2.12. The fourth-order valence-electron chi connectivity index (χ4n) is 1.75. The van der Waals surface area contributed by atoms with Crippen LogP contribution in [-0.4, -0.2) is 31.3 Å². The minimum Gasteiger partial charge on any atom is -0.382 e. The van der Waals surface area contributed by atoms with Crippen molar-refractivity contribution in [3.8, 4) is 0 Å². The van der Waals surface area contributed by atoms with Crippen LogP contribution >= 0.6 is 11.6 Å². The SMILES string of the molecule is CC(C)n1ncc(NCCCn2ccnn2)c(Cl)c1=O. The van der Waals surface area contributed by atoms with Gasteiger partial charge in [0.1, 0.15) is 5.02 Å². The first-order chi connectivity index (χ1) is 9.59. The molecule has 0 aliphatic carbocycles. The molecule has 0 aromatic carbocycles. The van der Waals surface area contributed by atoms with E-state index in [1.54, 1.807) is 23.3 Å². The van der Waals surface area contributed by atoms with Gasteiger partial charge in [0, 0.05) is 19.3 Å². The Morgan fingerprint density at radius 2 is 2.25 bits per heavy atom. The molecule has 0 fully saturated rings. The average Bonchev–Trinajstić information content (AvgIpc) is 2.92. The van der Waals surface area contributed by atoms with Crippen molar-refractivity contribution in [2.24, 2.45) is 0 Å². The summed E-state index contributed by atoms with van der Waals surface area (Å²) in [5, 5.41) is 15.0. The average molecular weight is 297 g/mol. The van der Waals surface area contributed by atoms with Crippen LogP contribution in [0.3, 0.4) is 0 Å². The van der Waals surface area contributed by atoms with Gasteiger partial charge in [-0.25, -0.2) is 4.68 Å². The zero-order chi connectivity index (χ0) is 14.5. The van der Waals surface area contributed by atoms with Gasteiger partial charge in [-0.15, -0.1) is 5.10 Å². The first-order valence-electron chi connectivity index (χ1n) is 6.45. The normalized spacial score (nSPS) is 11.0. The number of aromatic nitrogens is 5. The number of halogens is 1. The standard InChI is InChI=1S/C12H17ClN6O/c1-9(2)19-12(20)11(13)10(8-16-19)14-4-3-6-18-7-5-15-17-18/h5,7-9,14H,3-4,6H2,1-2H3. The Kier molecular flexibility index (Phi) is 4.73. The quantitative estimate of drug-likeness (QED) is 0.819. The third-order valence-corrected chi connectivity index (χ3v) is 3.15. The van der Waals surface area contributed by atoms with Crippen LogP contribution in [0, 0.1) is 0 Å². The highest BCUT2D eigenvalue weighted by Crippen LogP contribution is 2.16. The zero-order valence-electron chi connectivity index (χ0n) is 11.5. The number of anilines is 1. The van der Waals surface area contributed by atoms with Crippen LogP contribution in [0.5, 0.6) is 0 Å². The van der Waals surface area contributed by atoms with E-state index in [1.807, 2.05) is 13.8 Å². The minimum absolute atomic E-state index is 0.0126. The number of hydrogen-bond acceptors (Lipinski definition) is 5. The second-order valence-corrected chi connectivity index (χ2v) is 5.04. The lowest BCUT2D eigenvalue weighted by molar-refractivity contribution is 0.503. The van der Waals surface area contributed by atoms with Gasteiger partial charge in [-0.3, -0.25) is 9.48 Å². The van der Waals surface area contributed by atoms with Crippen LogP contribution < -0.4 is 10.9 Å². The molecule has 20 heavy (non-hydrogen) atoms. The maximum atomic E-state index is 12.0. The van der Waals surface area contributed by atoms with Gasteiger partial charge in [0.05, 0.1) is 24.1 Å². The van der Waals surface area contributed by atoms with Crippen molar-refractivity contribution in [2.75, 3.05) is 11.9 Å².